The maximum atomic E-state index is 14.1. The zero-order chi connectivity index (χ0) is 31.8. The number of benzene rings is 2. The maximum absolute atomic E-state index is 14.1. The number of halogens is 3. The van der Waals surface area contributed by atoms with Crippen LogP contribution < -0.4 is 15.2 Å². The normalized spacial score (nSPS) is 15.0. The van der Waals surface area contributed by atoms with Crippen LogP contribution in [0, 0.1) is 0 Å². The lowest BCUT2D eigenvalue weighted by molar-refractivity contribution is -0.137. The zero-order valence-electron chi connectivity index (χ0n) is 23.2. The number of alkyl halides is 3. The summed E-state index contributed by atoms with van der Waals surface area (Å²) >= 11 is 0. The summed E-state index contributed by atoms with van der Waals surface area (Å²) in [6.07, 6.45) is -1.49. The van der Waals surface area contributed by atoms with Gasteiger partial charge in [0.05, 0.1) is 23.0 Å². The van der Waals surface area contributed by atoms with E-state index >= 15 is 0 Å². The summed E-state index contributed by atoms with van der Waals surface area (Å²) in [5.74, 6) is -0.700. The first-order chi connectivity index (χ1) is 20.7. The molecule has 2 aromatic carbocycles. The molecular formula is C28H27F3N6O6S. The third kappa shape index (κ3) is 6.98. The van der Waals surface area contributed by atoms with Gasteiger partial charge in [-0.25, -0.2) is 27.9 Å². The number of primary amides is 1. The molecule has 0 unspecified atom stereocenters. The Morgan fingerprint density at radius 1 is 1.09 bits per heavy atom. The van der Waals surface area contributed by atoms with Gasteiger partial charge in [-0.1, -0.05) is 6.07 Å². The molecule has 1 fully saturated rings. The molecule has 5 rings (SSSR count). The number of likely N-dealkylation sites (tertiary alicyclic amines) is 1. The van der Waals surface area contributed by atoms with E-state index in [-0.39, 0.29) is 45.3 Å². The number of hydrogen-bond donors (Lipinski definition) is 3. The molecule has 0 bridgehead atoms. The van der Waals surface area contributed by atoms with Gasteiger partial charge in [0.2, 0.25) is 21.8 Å². The van der Waals surface area contributed by atoms with Gasteiger partial charge in [0.1, 0.15) is 12.1 Å². The monoisotopic (exact) mass is 632 g/mol. The number of nitrogens with one attached hydrogen (secondary N) is 1. The first-order valence-corrected chi connectivity index (χ1v) is 15.2. The van der Waals surface area contributed by atoms with E-state index in [0.717, 1.165) is 29.2 Å². The number of nitrogens with zero attached hydrogens (tertiary/aromatic N) is 4. The molecule has 0 spiro atoms. The van der Waals surface area contributed by atoms with E-state index in [1.807, 2.05) is 0 Å². The molecular weight excluding hydrogens is 605 g/mol. The molecule has 0 aliphatic carbocycles. The Balaban J connectivity index is 1.42. The molecule has 232 valence electrons. The summed E-state index contributed by atoms with van der Waals surface area (Å²) in [5, 5.41) is 9.87. The number of carboxylic acid groups (broad SMARTS) is 1. The van der Waals surface area contributed by atoms with Crippen molar-refractivity contribution in [2.75, 3.05) is 19.3 Å². The summed E-state index contributed by atoms with van der Waals surface area (Å²) in [4.78, 5) is 34.0. The summed E-state index contributed by atoms with van der Waals surface area (Å²) in [6, 6.07) is 8.62. The van der Waals surface area contributed by atoms with Crippen LogP contribution in [0.5, 0.6) is 11.6 Å². The highest BCUT2D eigenvalue weighted by Gasteiger charge is 2.35. The third-order valence-corrected chi connectivity index (χ3v) is 7.92. The average molecular weight is 633 g/mol. The van der Waals surface area contributed by atoms with E-state index < -0.39 is 33.8 Å². The first kappa shape index (κ1) is 30.9. The Kier molecular flexibility index (Phi) is 8.33. The highest BCUT2D eigenvalue weighted by molar-refractivity contribution is 7.88. The minimum Gasteiger partial charge on any atom is -0.464 e. The van der Waals surface area contributed by atoms with Gasteiger partial charge in [0.15, 0.2) is 0 Å². The fourth-order valence-corrected chi connectivity index (χ4v) is 6.03. The molecule has 12 nitrogen and oxygen atoms in total. The lowest BCUT2D eigenvalue weighted by atomic mass is 9.96. The van der Waals surface area contributed by atoms with Crippen molar-refractivity contribution in [2.24, 2.45) is 5.73 Å². The average Bonchev–Trinajstić information content (AvgIpc) is 3.32. The number of hydrogen-bond acceptors (Lipinski definition) is 8. The van der Waals surface area contributed by atoms with E-state index in [4.69, 9.17) is 10.5 Å². The third-order valence-electron chi connectivity index (χ3n) is 7.16. The molecule has 2 aromatic heterocycles. The van der Waals surface area contributed by atoms with E-state index in [0.29, 0.717) is 44.2 Å². The van der Waals surface area contributed by atoms with Crippen LogP contribution >= 0.6 is 0 Å². The van der Waals surface area contributed by atoms with E-state index in [2.05, 4.69) is 19.6 Å². The molecule has 0 radical (unpaired) electrons. The van der Waals surface area contributed by atoms with Crippen molar-refractivity contribution in [3.8, 4) is 22.8 Å². The highest BCUT2D eigenvalue weighted by Crippen LogP contribution is 2.42. The Labute approximate surface area is 249 Å². The predicted molar refractivity (Wildman–Crippen MR) is 153 cm³/mol. The van der Waals surface area contributed by atoms with Crippen molar-refractivity contribution < 1.29 is 41.0 Å². The molecule has 16 heteroatoms. The van der Waals surface area contributed by atoms with Crippen LogP contribution in [-0.4, -0.2) is 70.3 Å². The first-order valence-electron chi connectivity index (χ1n) is 13.3. The lowest BCUT2D eigenvalue weighted by Gasteiger charge is -2.31. The number of carbonyl (C=O) groups is 2. The summed E-state index contributed by atoms with van der Waals surface area (Å²) in [5.41, 5.74) is 4.05. The number of piperidine rings is 1. The van der Waals surface area contributed by atoms with E-state index in [1.54, 1.807) is 6.07 Å². The summed E-state index contributed by atoms with van der Waals surface area (Å²) in [7, 11) is -3.29. The van der Waals surface area contributed by atoms with E-state index in [9.17, 15) is 36.3 Å². The van der Waals surface area contributed by atoms with Crippen molar-refractivity contribution in [1.29, 1.82) is 0 Å². The maximum Gasteiger partial charge on any atom is 0.417 e. The van der Waals surface area contributed by atoms with Gasteiger partial charge in [0, 0.05) is 54.5 Å². The van der Waals surface area contributed by atoms with Gasteiger partial charge < -0.3 is 15.6 Å². The van der Waals surface area contributed by atoms with Gasteiger partial charge in [-0.15, -0.1) is 0 Å². The number of fused-ring (bicyclic) bond motifs is 1. The molecule has 3 heterocycles. The Hall–Kier alpha value is -4.54. The van der Waals surface area contributed by atoms with Crippen LogP contribution in [0.15, 0.2) is 55.0 Å². The van der Waals surface area contributed by atoms with Crippen LogP contribution in [0.2, 0.25) is 0 Å². The number of nitrogens with two attached hydrogens (primary N) is 1. The molecule has 4 N–H and O–H groups in total. The molecule has 44 heavy (non-hydrogen) atoms. The second-order valence-electron chi connectivity index (χ2n) is 10.4. The van der Waals surface area contributed by atoms with Crippen LogP contribution in [0.4, 0.5) is 18.0 Å². The van der Waals surface area contributed by atoms with Crippen molar-refractivity contribution in [1.82, 2.24) is 24.2 Å². The van der Waals surface area contributed by atoms with Crippen molar-refractivity contribution in [3.63, 3.8) is 0 Å². The smallest absolute Gasteiger partial charge is 0.417 e. The predicted octanol–water partition coefficient (Wildman–Crippen LogP) is 4.05. The summed E-state index contributed by atoms with van der Waals surface area (Å²) in [6.45, 7) is 1.75. The number of rotatable bonds is 8. The SMILES string of the molecule is CS(=O)(=O)NC1CCN(Cc2cc(Oc3ccc4c(c3)c(-c3ccc(C(N)=O)cc3C(F)(F)F)cn4C(=O)O)ncn2)CC1. The fraction of sp³-hybridized carbons (Fsp3) is 0.286. The molecule has 1 saturated heterocycles. The van der Waals surface area contributed by atoms with Gasteiger partial charge in [-0.3, -0.25) is 14.3 Å². The van der Waals surface area contributed by atoms with Gasteiger partial charge in [-0.05, 0) is 48.7 Å². The molecule has 0 atom stereocenters. The van der Waals surface area contributed by atoms with Crippen molar-refractivity contribution in [3.05, 3.63) is 71.8 Å². The topological polar surface area (TPSA) is 170 Å². The summed E-state index contributed by atoms with van der Waals surface area (Å²) < 4.78 is 74.5. The van der Waals surface area contributed by atoms with Gasteiger partial charge >= 0.3 is 12.3 Å². The van der Waals surface area contributed by atoms with Crippen LogP contribution in [-0.2, 0) is 22.7 Å². The highest BCUT2D eigenvalue weighted by atomic mass is 32.2. The number of aromatic nitrogens is 3. The van der Waals surface area contributed by atoms with Crippen LogP contribution in [0.1, 0.15) is 34.5 Å². The number of amides is 1. The zero-order valence-corrected chi connectivity index (χ0v) is 24.0. The van der Waals surface area contributed by atoms with Gasteiger partial charge in [-0.2, -0.15) is 13.2 Å². The number of sulfonamides is 1. The Morgan fingerprint density at radius 2 is 1.82 bits per heavy atom. The molecule has 1 aliphatic rings. The van der Waals surface area contributed by atoms with Crippen LogP contribution in [0.25, 0.3) is 22.0 Å². The van der Waals surface area contributed by atoms with E-state index in [1.165, 1.54) is 24.5 Å². The molecule has 1 aliphatic heterocycles. The minimum absolute atomic E-state index is 0.0478. The molecule has 4 aromatic rings. The Bertz CT molecular complexity index is 1850. The van der Waals surface area contributed by atoms with Crippen molar-refractivity contribution in [2.45, 2.75) is 31.6 Å². The molecule has 1 amide bonds. The standard InChI is InChI=1S/C28H27F3N6O6S/c1-44(41,42)35-17-6-8-36(9-7-17)13-18-11-25(34-15-33-18)43-19-3-5-24-21(12-19)22(14-37(24)27(39)40)20-4-2-16(26(32)38)10-23(20)28(29,30)31/h2-5,10-12,14-15,17,35H,6-9,13H2,1H3,(H2,32,38)(H,39,40). The Morgan fingerprint density at radius 3 is 2.45 bits per heavy atom. The second-order valence-corrected chi connectivity index (χ2v) is 12.2. The lowest BCUT2D eigenvalue weighted by Crippen LogP contribution is -2.44. The van der Waals surface area contributed by atoms with Gasteiger partial charge in [0.25, 0.3) is 0 Å². The minimum atomic E-state index is -4.87. The van der Waals surface area contributed by atoms with Crippen molar-refractivity contribution >= 4 is 32.9 Å². The quantitative estimate of drug-likeness (QED) is 0.259. The number of ether oxygens (including phenoxy) is 1. The fourth-order valence-electron chi connectivity index (χ4n) is 5.19. The second kappa shape index (κ2) is 11.9. The van der Waals surface area contributed by atoms with Crippen LogP contribution in [0.3, 0.4) is 0 Å². The molecule has 0 saturated carbocycles. The largest absolute Gasteiger partial charge is 0.464 e. The number of carbonyl (C=O) groups excluding carboxylic acids is 1.